The summed E-state index contributed by atoms with van der Waals surface area (Å²) in [4.78, 5) is 3.81. The Morgan fingerprint density at radius 3 is 2.59 bits per heavy atom. The van der Waals surface area contributed by atoms with Gasteiger partial charge in [0.1, 0.15) is 0 Å². The average molecular weight is 319 g/mol. The third kappa shape index (κ3) is 6.00. The molecule has 1 unspecified atom stereocenters. The van der Waals surface area contributed by atoms with Crippen molar-refractivity contribution < 1.29 is 0 Å². The van der Waals surface area contributed by atoms with Gasteiger partial charge in [-0.15, -0.1) is 11.3 Å². The summed E-state index contributed by atoms with van der Waals surface area (Å²) in [5, 5.41) is 5.65. The van der Waals surface area contributed by atoms with Crippen LogP contribution in [0.25, 0.3) is 0 Å². The molecule has 1 rings (SSSR count). The average Bonchev–Trinajstić information content (AvgIpc) is 2.63. The standard InChI is InChI=1S/C13H23BrN2S/c1-10(2)6-15-7-11(3)16(4)8-13-5-12(14)9-17-13/h5,9-11,15H,6-8H2,1-4H3. The van der Waals surface area contributed by atoms with E-state index in [1.54, 1.807) is 0 Å². The highest BCUT2D eigenvalue weighted by atomic mass is 79.9. The summed E-state index contributed by atoms with van der Waals surface area (Å²) in [7, 11) is 2.19. The lowest BCUT2D eigenvalue weighted by molar-refractivity contribution is 0.243. The van der Waals surface area contributed by atoms with Crippen molar-refractivity contribution in [3.05, 3.63) is 20.8 Å². The van der Waals surface area contributed by atoms with Crippen molar-refractivity contribution in [1.29, 1.82) is 0 Å². The zero-order valence-electron chi connectivity index (χ0n) is 11.2. The molecule has 0 aliphatic heterocycles. The van der Waals surface area contributed by atoms with Gasteiger partial charge >= 0.3 is 0 Å². The zero-order chi connectivity index (χ0) is 12.8. The van der Waals surface area contributed by atoms with Crippen LogP contribution in [0, 0.1) is 5.92 Å². The molecule has 0 aromatic carbocycles. The van der Waals surface area contributed by atoms with Crippen LogP contribution in [-0.4, -0.2) is 31.1 Å². The molecule has 98 valence electrons. The maximum absolute atomic E-state index is 3.51. The summed E-state index contributed by atoms with van der Waals surface area (Å²) in [6.07, 6.45) is 0. The maximum atomic E-state index is 3.51. The molecule has 1 heterocycles. The van der Waals surface area contributed by atoms with Gasteiger partial charge in [-0.1, -0.05) is 13.8 Å². The normalized spacial score (nSPS) is 13.6. The third-order valence-electron chi connectivity index (χ3n) is 2.77. The van der Waals surface area contributed by atoms with E-state index in [1.807, 2.05) is 11.3 Å². The minimum atomic E-state index is 0.564. The second-order valence-electron chi connectivity index (χ2n) is 5.05. The molecule has 0 saturated heterocycles. The van der Waals surface area contributed by atoms with E-state index in [0.717, 1.165) is 25.6 Å². The summed E-state index contributed by atoms with van der Waals surface area (Å²) in [5.74, 6) is 0.723. The van der Waals surface area contributed by atoms with Crippen LogP contribution in [-0.2, 0) is 6.54 Å². The monoisotopic (exact) mass is 318 g/mol. The number of nitrogens with one attached hydrogen (secondary N) is 1. The summed E-state index contributed by atoms with van der Waals surface area (Å²) >= 11 is 5.31. The molecule has 1 aromatic heterocycles. The Bertz CT molecular complexity index is 325. The van der Waals surface area contributed by atoms with Crippen LogP contribution >= 0.6 is 27.3 Å². The quantitative estimate of drug-likeness (QED) is 0.826. The van der Waals surface area contributed by atoms with Crippen molar-refractivity contribution >= 4 is 27.3 Å². The Morgan fingerprint density at radius 1 is 1.35 bits per heavy atom. The molecule has 0 radical (unpaired) electrons. The van der Waals surface area contributed by atoms with Gasteiger partial charge in [0, 0.05) is 33.9 Å². The van der Waals surface area contributed by atoms with Crippen LogP contribution in [0.3, 0.4) is 0 Å². The molecule has 0 amide bonds. The highest BCUT2D eigenvalue weighted by Gasteiger charge is 2.10. The second-order valence-corrected chi connectivity index (χ2v) is 6.96. The highest BCUT2D eigenvalue weighted by Crippen LogP contribution is 2.21. The molecule has 0 fully saturated rings. The molecule has 1 N–H and O–H groups in total. The first-order chi connectivity index (χ1) is 7.99. The van der Waals surface area contributed by atoms with Gasteiger partial charge in [0.05, 0.1) is 0 Å². The lowest BCUT2D eigenvalue weighted by atomic mass is 10.2. The lowest BCUT2D eigenvalue weighted by Gasteiger charge is -2.24. The molecule has 0 spiro atoms. The molecule has 0 bridgehead atoms. The van der Waals surface area contributed by atoms with Crippen molar-refractivity contribution in [3.8, 4) is 0 Å². The van der Waals surface area contributed by atoms with E-state index in [0.29, 0.717) is 6.04 Å². The van der Waals surface area contributed by atoms with Crippen LogP contribution in [0.1, 0.15) is 25.6 Å². The van der Waals surface area contributed by atoms with E-state index in [2.05, 4.69) is 65.4 Å². The fourth-order valence-electron chi connectivity index (χ4n) is 1.58. The van der Waals surface area contributed by atoms with Gasteiger partial charge in [-0.05, 0) is 48.4 Å². The molecule has 1 aromatic rings. The molecular formula is C13H23BrN2S. The van der Waals surface area contributed by atoms with E-state index in [-0.39, 0.29) is 0 Å². The van der Waals surface area contributed by atoms with Crippen molar-refractivity contribution in [2.24, 2.45) is 5.92 Å². The van der Waals surface area contributed by atoms with Crippen molar-refractivity contribution in [2.45, 2.75) is 33.4 Å². The second kappa shape index (κ2) is 7.52. The van der Waals surface area contributed by atoms with Gasteiger partial charge in [-0.3, -0.25) is 4.90 Å². The van der Waals surface area contributed by atoms with Gasteiger partial charge in [0.2, 0.25) is 0 Å². The summed E-state index contributed by atoms with van der Waals surface area (Å²) < 4.78 is 1.19. The van der Waals surface area contributed by atoms with E-state index >= 15 is 0 Å². The minimum absolute atomic E-state index is 0.564. The van der Waals surface area contributed by atoms with E-state index < -0.39 is 0 Å². The van der Waals surface area contributed by atoms with Crippen LogP contribution in [0.4, 0.5) is 0 Å². The Hall–Kier alpha value is 0.1000. The minimum Gasteiger partial charge on any atom is -0.315 e. The zero-order valence-corrected chi connectivity index (χ0v) is 13.6. The molecule has 1 atom stereocenters. The summed E-state index contributed by atoms with van der Waals surface area (Å²) in [6, 6.07) is 2.77. The van der Waals surface area contributed by atoms with Gasteiger partial charge in [0.25, 0.3) is 0 Å². The molecule has 0 saturated carbocycles. The SMILES string of the molecule is CC(C)CNCC(C)N(C)Cc1cc(Br)cs1. The Balaban J connectivity index is 2.29. The Kier molecular flexibility index (Phi) is 6.70. The first kappa shape index (κ1) is 15.2. The van der Waals surface area contributed by atoms with E-state index in [1.165, 1.54) is 9.35 Å². The Morgan fingerprint density at radius 2 is 2.06 bits per heavy atom. The van der Waals surface area contributed by atoms with Gasteiger partial charge in [-0.25, -0.2) is 0 Å². The summed E-state index contributed by atoms with van der Waals surface area (Å²) in [6.45, 7) is 9.94. The van der Waals surface area contributed by atoms with Crippen LogP contribution in [0.2, 0.25) is 0 Å². The number of halogens is 1. The summed E-state index contributed by atoms with van der Waals surface area (Å²) in [5.41, 5.74) is 0. The fraction of sp³-hybridized carbons (Fsp3) is 0.692. The number of rotatable bonds is 7. The predicted octanol–water partition coefficient (Wildman–Crippen LogP) is 3.58. The lowest BCUT2D eigenvalue weighted by Crippen LogP contribution is -2.38. The number of hydrogen-bond donors (Lipinski definition) is 1. The van der Waals surface area contributed by atoms with Crippen LogP contribution in [0.5, 0.6) is 0 Å². The topological polar surface area (TPSA) is 15.3 Å². The smallest absolute Gasteiger partial charge is 0.0328 e. The van der Waals surface area contributed by atoms with E-state index in [4.69, 9.17) is 0 Å². The van der Waals surface area contributed by atoms with Crippen molar-refractivity contribution in [1.82, 2.24) is 10.2 Å². The first-order valence-corrected chi connectivity index (χ1v) is 7.80. The molecule has 4 heteroatoms. The number of thiophene rings is 1. The van der Waals surface area contributed by atoms with Crippen molar-refractivity contribution in [3.63, 3.8) is 0 Å². The largest absolute Gasteiger partial charge is 0.315 e. The van der Waals surface area contributed by atoms with Crippen molar-refractivity contribution in [2.75, 3.05) is 20.1 Å². The van der Waals surface area contributed by atoms with Gasteiger partial charge in [0.15, 0.2) is 0 Å². The third-order valence-corrected chi connectivity index (χ3v) is 4.45. The predicted molar refractivity (Wildman–Crippen MR) is 80.7 cm³/mol. The molecule has 0 aliphatic carbocycles. The first-order valence-electron chi connectivity index (χ1n) is 6.13. The molecule has 17 heavy (non-hydrogen) atoms. The highest BCUT2D eigenvalue weighted by molar-refractivity contribution is 9.10. The molecule has 0 aliphatic rings. The maximum Gasteiger partial charge on any atom is 0.0328 e. The molecule has 2 nitrogen and oxygen atoms in total. The Labute approximate surface area is 118 Å². The van der Waals surface area contributed by atoms with Gasteiger partial charge < -0.3 is 5.32 Å². The molecular weight excluding hydrogens is 296 g/mol. The number of nitrogens with zero attached hydrogens (tertiary/aromatic N) is 1. The fourth-order valence-corrected chi connectivity index (χ4v) is 3.09. The number of hydrogen-bond acceptors (Lipinski definition) is 3. The number of likely N-dealkylation sites (N-methyl/N-ethyl adjacent to an activating group) is 1. The van der Waals surface area contributed by atoms with E-state index in [9.17, 15) is 0 Å². The van der Waals surface area contributed by atoms with Crippen LogP contribution < -0.4 is 5.32 Å². The van der Waals surface area contributed by atoms with Crippen LogP contribution in [0.15, 0.2) is 15.9 Å². The van der Waals surface area contributed by atoms with Gasteiger partial charge in [-0.2, -0.15) is 0 Å².